The number of ketones is 2. The predicted molar refractivity (Wildman–Crippen MR) is 134 cm³/mol. The van der Waals surface area contributed by atoms with Crippen LogP contribution in [0.1, 0.15) is 66.4 Å². The zero-order chi connectivity index (χ0) is 25.8. The third-order valence-corrected chi connectivity index (χ3v) is 5.81. The van der Waals surface area contributed by atoms with Crippen LogP contribution in [0.3, 0.4) is 0 Å². The Balaban J connectivity index is 2.91. The summed E-state index contributed by atoms with van der Waals surface area (Å²) in [6.07, 6.45) is 5.74. The molecule has 6 heteroatoms. The number of phenolic OH excluding ortho intramolecular Hbond substituents is 2. The summed E-state index contributed by atoms with van der Waals surface area (Å²) in [5.41, 5.74) is 0.969. The Morgan fingerprint density at radius 2 is 1.32 bits per heavy atom. The Hall–Kier alpha value is -3.54. The van der Waals surface area contributed by atoms with E-state index >= 15 is 0 Å². The summed E-state index contributed by atoms with van der Waals surface area (Å²) in [5.74, 6) is -3.17. The largest absolute Gasteiger partial charge is 0.507 e. The number of carbonyl (C=O) groups excluding carboxylic acids is 2. The second kappa shape index (κ2) is 10.6. The normalized spacial score (nSPS) is 16.8. The fraction of sp³-hybridized carbons (Fsp3) is 0.357. The lowest BCUT2D eigenvalue weighted by molar-refractivity contribution is -0.137. The highest BCUT2D eigenvalue weighted by atomic mass is 16.3. The van der Waals surface area contributed by atoms with Crippen LogP contribution in [0.5, 0.6) is 11.5 Å². The minimum absolute atomic E-state index is 0.0273. The highest BCUT2D eigenvalue weighted by molar-refractivity contribution is 6.26. The van der Waals surface area contributed by atoms with Gasteiger partial charge in [0, 0.05) is 11.1 Å². The number of phenols is 2. The van der Waals surface area contributed by atoms with E-state index in [1.165, 1.54) is 12.1 Å². The minimum atomic E-state index is -1.53. The van der Waals surface area contributed by atoms with Crippen molar-refractivity contribution < 1.29 is 30.0 Å². The van der Waals surface area contributed by atoms with Crippen LogP contribution in [0.4, 0.5) is 0 Å². The molecule has 6 nitrogen and oxygen atoms in total. The van der Waals surface area contributed by atoms with Crippen LogP contribution in [0.15, 0.2) is 70.1 Å². The molecule has 182 valence electrons. The van der Waals surface area contributed by atoms with Crippen LogP contribution in [-0.4, -0.2) is 32.0 Å². The maximum Gasteiger partial charge on any atom is 0.184 e. The Morgan fingerprint density at radius 1 is 0.794 bits per heavy atom. The van der Waals surface area contributed by atoms with Crippen LogP contribution in [-0.2, 0) is 9.59 Å². The van der Waals surface area contributed by atoms with E-state index in [0.29, 0.717) is 0 Å². The summed E-state index contributed by atoms with van der Waals surface area (Å²) in [4.78, 5) is 27.7. The summed E-state index contributed by atoms with van der Waals surface area (Å²) < 4.78 is 0. The number of aromatic hydroxyl groups is 2. The highest BCUT2D eigenvalue weighted by Crippen LogP contribution is 2.45. The van der Waals surface area contributed by atoms with E-state index in [9.17, 15) is 30.0 Å². The number of hydrogen-bond donors (Lipinski definition) is 4. The van der Waals surface area contributed by atoms with Gasteiger partial charge in [0.15, 0.2) is 23.1 Å². The van der Waals surface area contributed by atoms with Crippen LogP contribution in [0, 0.1) is 5.41 Å². The van der Waals surface area contributed by atoms with Gasteiger partial charge < -0.3 is 20.4 Å². The maximum atomic E-state index is 13.9. The molecule has 0 aromatic heterocycles. The van der Waals surface area contributed by atoms with Crippen LogP contribution >= 0.6 is 0 Å². The number of aliphatic hydroxyl groups is 2. The molecule has 0 amide bonds. The van der Waals surface area contributed by atoms with Crippen molar-refractivity contribution in [2.45, 2.75) is 60.8 Å². The molecule has 0 unspecified atom stereocenters. The first-order valence-corrected chi connectivity index (χ1v) is 11.2. The Kier molecular flexibility index (Phi) is 8.32. The molecule has 1 aliphatic carbocycles. The number of carbonyl (C=O) groups is 2. The standard InChI is InChI=1S/C28H34O6/c1-16(2)7-9-20-25(32)23(24(31)19-8-10-21(29)22(30)15-19)27(34)28(26(20)33,13-11-17(3)4)14-12-18(5)6/h7-8,10-12,15,29-32H,9,13-14H2,1-6H3/b24-23+. The van der Waals surface area contributed by atoms with E-state index in [2.05, 4.69) is 0 Å². The van der Waals surface area contributed by atoms with Gasteiger partial charge in [-0.25, -0.2) is 0 Å². The van der Waals surface area contributed by atoms with Gasteiger partial charge in [-0.05, 0) is 79.0 Å². The highest BCUT2D eigenvalue weighted by Gasteiger charge is 2.52. The lowest BCUT2D eigenvalue weighted by atomic mass is 9.64. The van der Waals surface area contributed by atoms with Crippen LogP contribution < -0.4 is 0 Å². The molecule has 34 heavy (non-hydrogen) atoms. The molecule has 1 aromatic carbocycles. The van der Waals surface area contributed by atoms with Crippen molar-refractivity contribution in [1.82, 2.24) is 0 Å². The second-order valence-electron chi connectivity index (χ2n) is 9.45. The summed E-state index contributed by atoms with van der Waals surface area (Å²) in [6.45, 7) is 11.2. The molecule has 1 aromatic rings. The molecule has 2 rings (SSSR count). The quantitative estimate of drug-likeness (QED) is 0.122. The van der Waals surface area contributed by atoms with Gasteiger partial charge in [-0.1, -0.05) is 34.9 Å². The number of aliphatic hydroxyl groups excluding tert-OH is 2. The molecular weight excluding hydrogens is 432 g/mol. The number of benzene rings is 1. The van der Waals surface area contributed by atoms with E-state index in [0.717, 1.165) is 22.8 Å². The average molecular weight is 467 g/mol. The van der Waals surface area contributed by atoms with Crippen LogP contribution in [0.25, 0.3) is 5.76 Å². The minimum Gasteiger partial charge on any atom is -0.507 e. The summed E-state index contributed by atoms with van der Waals surface area (Å²) >= 11 is 0. The molecule has 0 heterocycles. The SMILES string of the molecule is CC(C)=CCC1=C(O)/C(=C(\O)c2ccc(O)c(O)c2)C(=O)C(CC=C(C)C)(CC=C(C)C)C1=O. The van der Waals surface area contributed by atoms with Gasteiger partial charge in [-0.15, -0.1) is 0 Å². The zero-order valence-electron chi connectivity index (χ0n) is 20.7. The number of Topliss-reactive ketones (excluding diaryl/α,β-unsaturated/α-hetero) is 2. The van der Waals surface area contributed by atoms with E-state index in [1.807, 2.05) is 53.7 Å². The Morgan fingerprint density at radius 3 is 1.79 bits per heavy atom. The van der Waals surface area contributed by atoms with Crippen molar-refractivity contribution in [2.24, 2.45) is 5.41 Å². The molecule has 0 saturated carbocycles. The van der Waals surface area contributed by atoms with Crippen molar-refractivity contribution in [3.8, 4) is 11.5 Å². The van der Waals surface area contributed by atoms with Gasteiger partial charge >= 0.3 is 0 Å². The lowest BCUT2D eigenvalue weighted by Crippen LogP contribution is -2.45. The summed E-state index contributed by atoms with van der Waals surface area (Å²) in [5, 5.41) is 41.7. The molecule has 0 radical (unpaired) electrons. The second-order valence-corrected chi connectivity index (χ2v) is 9.45. The van der Waals surface area contributed by atoms with Crippen molar-refractivity contribution in [2.75, 3.05) is 0 Å². The van der Waals surface area contributed by atoms with Crippen molar-refractivity contribution in [3.05, 3.63) is 75.6 Å². The topological polar surface area (TPSA) is 115 Å². The molecule has 0 spiro atoms. The first kappa shape index (κ1) is 26.7. The number of rotatable bonds is 7. The Bertz CT molecular complexity index is 1130. The van der Waals surface area contributed by atoms with Crippen LogP contribution in [0.2, 0.25) is 0 Å². The molecule has 4 N–H and O–H groups in total. The third-order valence-electron chi connectivity index (χ3n) is 5.81. The maximum absolute atomic E-state index is 13.9. The molecule has 0 saturated heterocycles. The van der Waals surface area contributed by atoms with Crippen molar-refractivity contribution >= 4 is 17.3 Å². The number of hydrogen-bond acceptors (Lipinski definition) is 6. The van der Waals surface area contributed by atoms with Gasteiger partial charge in [0.2, 0.25) is 0 Å². The molecular formula is C28H34O6. The van der Waals surface area contributed by atoms with Gasteiger partial charge in [-0.2, -0.15) is 0 Å². The van der Waals surface area contributed by atoms with Gasteiger partial charge in [0.1, 0.15) is 22.5 Å². The van der Waals surface area contributed by atoms with E-state index in [-0.39, 0.29) is 36.0 Å². The van der Waals surface area contributed by atoms with E-state index in [4.69, 9.17) is 0 Å². The van der Waals surface area contributed by atoms with Gasteiger partial charge in [0.05, 0.1) is 0 Å². The van der Waals surface area contributed by atoms with Gasteiger partial charge in [0.25, 0.3) is 0 Å². The molecule has 0 bridgehead atoms. The monoisotopic (exact) mass is 466 g/mol. The molecule has 0 aliphatic heterocycles. The van der Waals surface area contributed by atoms with Crippen molar-refractivity contribution in [3.63, 3.8) is 0 Å². The molecule has 0 atom stereocenters. The third kappa shape index (κ3) is 5.50. The van der Waals surface area contributed by atoms with E-state index in [1.54, 1.807) is 6.08 Å². The first-order valence-electron chi connectivity index (χ1n) is 11.2. The Labute approximate surface area is 201 Å². The number of allylic oxidation sites excluding steroid dienone is 8. The predicted octanol–water partition coefficient (Wildman–Crippen LogP) is 6.39. The fourth-order valence-corrected chi connectivity index (χ4v) is 3.74. The lowest BCUT2D eigenvalue weighted by Gasteiger charge is -2.35. The van der Waals surface area contributed by atoms with Gasteiger partial charge in [-0.3, -0.25) is 9.59 Å². The average Bonchev–Trinajstić information content (AvgIpc) is 2.74. The molecule has 1 aliphatic rings. The molecule has 0 fully saturated rings. The summed E-state index contributed by atoms with van der Waals surface area (Å²) in [7, 11) is 0. The van der Waals surface area contributed by atoms with Crippen molar-refractivity contribution in [1.29, 1.82) is 0 Å². The zero-order valence-corrected chi connectivity index (χ0v) is 20.7. The summed E-state index contributed by atoms with van der Waals surface area (Å²) in [6, 6.07) is 3.58. The van der Waals surface area contributed by atoms with E-state index < -0.39 is 40.0 Å². The smallest absolute Gasteiger partial charge is 0.184 e. The first-order chi connectivity index (χ1) is 15.8. The fourth-order valence-electron chi connectivity index (χ4n) is 3.74.